The van der Waals surface area contributed by atoms with Gasteiger partial charge in [0.25, 0.3) is 6.47 Å². The maximum Gasteiger partial charge on any atom is 0.293 e. The predicted molar refractivity (Wildman–Crippen MR) is 74.5 cm³/mol. The molecule has 1 aromatic rings. The molecule has 2 rings (SSSR count). The fourth-order valence-corrected chi connectivity index (χ4v) is 2.25. The van der Waals surface area contributed by atoms with Gasteiger partial charge in [-0.05, 0) is 32.1 Å². The van der Waals surface area contributed by atoms with Crippen LogP contribution in [0.3, 0.4) is 0 Å². The standard InChI is InChI=1S/C8H15N2.C7H12O2/c1-3-4-5-10-7-6-9(2)8-10;8-6-9-7-4-2-1-3-5-7/h6-8H,3-5H2,1-2H3;6-7H,1-5H2/q+1;. The Labute approximate surface area is 116 Å². The van der Waals surface area contributed by atoms with E-state index in [0.29, 0.717) is 6.47 Å². The monoisotopic (exact) mass is 267 g/mol. The fraction of sp³-hybridized carbons (Fsp3) is 0.733. The summed E-state index contributed by atoms with van der Waals surface area (Å²) in [5, 5.41) is 0. The quantitative estimate of drug-likeness (QED) is 0.607. The van der Waals surface area contributed by atoms with Crippen molar-refractivity contribution in [2.24, 2.45) is 7.05 Å². The normalized spacial score (nSPS) is 15.5. The van der Waals surface area contributed by atoms with Gasteiger partial charge >= 0.3 is 0 Å². The second kappa shape index (κ2) is 9.59. The Morgan fingerprint density at radius 3 is 2.63 bits per heavy atom. The number of ether oxygens (including phenoxy) is 1. The van der Waals surface area contributed by atoms with Crippen LogP contribution in [-0.2, 0) is 23.1 Å². The lowest BCUT2D eigenvalue weighted by atomic mass is 9.98. The number of aromatic nitrogens is 2. The van der Waals surface area contributed by atoms with E-state index < -0.39 is 0 Å². The summed E-state index contributed by atoms with van der Waals surface area (Å²) in [7, 11) is 2.04. The number of imidazole rings is 1. The molecule has 0 N–H and O–H groups in total. The highest BCUT2D eigenvalue weighted by Gasteiger charge is 2.12. The summed E-state index contributed by atoms with van der Waals surface area (Å²) in [6.07, 6.45) is 14.9. The summed E-state index contributed by atoms with van der Waals surface area (Å²) in [6, 6.07) is 0. The van der Waals surface area contributed by atoms with Crippen molar-refractivity contribution in [3.05, 3.63) is 18.7 Å². The van der Waals surface area contributed by atoms with Crippen LogP contribution in [0.25, 0.3) is 0 Å². The molecule has 0 amide bonds. The zero-order chi connectivity index (χ0) is 13.9. The van der Waals surface area contributed by atoms with Gasteiger partial charge in [0.1, 0.15) is 18.5 Å². The molecule has 0 radical (unpaired) electrons. The maximum atomic E-state index is 9.85. The molecule has 1 heterocycles. The molecule has 1 fully saturated rings. The van der Waals surface area contributed by atoms with Gasteiger partial charge in [-0.15, -0.1) is 0 Å². The third-order valence-electron chi connectivity index (χ3n) is 3.39. The lowest BCUT2D eigenvalue weighted by molar-refractivity contribution is -0.696. The largest absolute Gasteiger partial charge is 0.465 e. The highest BCUT2D eigenvalue weighted by molar-refractivity contribution is 5.37. The second-order valence-electron chi connectivity index (χ2n) is 5.16. The van der Waals surface area contributed by atoms with E-state index >= 15 is 0 Å². The van der Waals surface area contributed by atoms with E-state index in [2.05, 4.69) is 34.8 Å². The number of hydrogen-bond donors (Lipinski definition) is 0. The summed E-state index contributed by atoms with van der Waals surface area (Å²) in [4.78, 5) is 9.85. The van der Waals surface area contributed by atoms with Crippen LogP contribution < -0.4 is 4.57 Å². The fourth-order valence-electron chi connectivity index (χ4n) is 2.25. The third-order valence-corrected chi connectivity index (χ3v) is 3.39. The SMILES string of the molecule is CCCC[n+]1ccn(C)c1.O=COC1CCCCC1. The van der Waals surface area contributed by atoms with Gasteiger partial charge in [-0.1, -0.05) is 19.8 Å². The molecule has 0 bridgehead atoms. The van der Waals surface area contributed by atoms with Crippen molar-refractivity contribution in [2.45, 2.75) is 64.5 Å². The highest BCUT2D eigenvalue weighted by atomic mass is 16.5. The van der Waals surface area contributed by atoms with Crippen LogP contribution in [-0.4, -0.2) is 17.1 Å². The average molecular weight is 267 g/mol. The molecule has 19 heavy (non-hydrogen) atoms. The number of unbranched alkanes of at least 4 members (excludes halogenated alkanes) is 1. The lowest BCUT2D eigenvalue weighted by Crippen LogP contribution is -2.30. The van der Waals surface area contributed by atoms with Gasteiger partial charge in [-0.2, -0.15) is 0 Å². The Bertz CT molecular complexity index is 344. The molecule has 0 unspecified atom stereocenters. The molecular formula is C15H27N2O2+. The zero-order valence-electron chi connectivity index (χ0n) is 12.3. The maximum absolute atomic E-state index is 9.85. The summed E-state index contributed by atoms with van der Waals surface area (Å²) >= 11 is 0. The first-order chi connectivity index (χ1) is 9.26. The summed E-state index contributed by atoms with van der Waals surface area (Å²) in [6.45, 7) is 3.93. The minimum absolute atomic E-state index is 0.233. The van der Waals surface area contributed by atoms with E-state index in [1.165, 1.54) is 32.1 Å². The van der Waals surface area contributed by atoms with E-state index in [9.17, 15) is 4.79 Å². The molecule has 1 aliphatic rings. The van der Waals surface area contributed by atoms with Crippen molar-refractivity contribution >= 4 is 6.47 Å². The average Bonchev–Trinajstić information content (AvgIpc) is 2.85. The van der Waals surface area contributed by atoms with Crippen LogP contribution in [0.15, 0.2) is 18.7 Å². The van der Waals surface area contributed by atoms with Gasteiger partial charge in [-0.25, -0.2) is 9.13 Å². The topological polar surface area (TPSA) is 35.1 Å². The molecule has 108 valence electrons. The van der Waals surface area contributed by atoms with Crippen LogP contribution in [0.2, 0.25) is 0 Å². The van der Waals surface area contributed by atoms with E-state index in [-0.39, 0.29) is 6.10 Å². The molecule has 0 aliphatic heterocycles. The first-order valence-corrected chi connectivity index (χ1v) is 7.36. The first-order valence-electron chi connectivity index (χ1n) is 7.36. The van der Waals surface area contributed by atoms with Crippen LogP contribution in [0, 0.1) is 0 Å². The van der Waals surface area contributed by atoms with Gasteiger partial charge in [0.05, 0.1) is 13.6 Å². The molecular weight excluding hydrogens is 240 g/mol. The van der Waals surface area contributed by atoms with Crippen molar-refractivity contribution in [1.29, 1.82) is 0 Å². The number of nitrogens with zero attached hydrogens (tertiary/aromatic N) is 2. The zero-order valence-corrected chi connectivity index (χ0v) is 12.3. The highest BCUT2D eigenvalue weighted by Crippen LogP contribution is 2.19. The molecule has 0 spiro atoms. The van der Waals surface area contributed by atoms with Gasteiger partial charge in [0.2, 0.25) is 6.33 Å². The minimum atomic E-state index is 0.233. The first kappa shape index (κ1) is 15.7. The van der Waals surface area contributed by atoms with E-state index in [4.69, 9.17) is 4.74 Å². The van der Waals surface area contributed by atoms with Crippen molar-refractivity contribution in [3.8, 4) is 0 Å². The minimum Gasteiger partial charge on any atom is -0.465 e. The summed E-state index contributed by atoms with van der Waals surface area (Å²) in [5.41, 5.74) is 0. The van der Waals surface area contributed by atoms with E-state index in [1.54, 1.807) is 0 Å². The van der Waals surface area contributed by atoms with Crippen molar-refractivity contribution in [2.75, 3.05) is 0 Å². The Morgan fingerprint density at radius 1 is 1.37 bits per heavy atom. The van der Waals surface area contributed by atoms with Gasteiger partial charge in [0, 0.05) is 0 Å². The summed E-state index contributed by atoms with van der Waals surface area (Å²) < 4.78 is 9.08. The molecule has 1 aromatic heterocycles. The second-order valence-corrected chi connectivity index (χ2v) is 5.16. The van der Waals surface area contributed by atoms with Crippen molar-refractivity contribution in [3.63, 3.8) is 0 Å². The Kier molecular flexibility index (Phi) is 7.94. The van der Waals surface area contributed by atoms with Gasteiger partial charge in [0.15, 0.2) is 0 Å². The number of hydrogen-bond acceptors (Lipinski definition) is 2. The number of carbonyl (C=O) groups excluding carboxylic acids is 1. The lowest BCUT2D eigenvalue weighted by Gasteiger charge is -2.18. The molecule has 0 aromatic carbocycles. The van der Waals surface area contributed by atoms with Crippen molar-refractivity contribution in [1.82, 2.24) is 4.57 Å². The molecule has 0 saturated heterocycles. The number of rotatable bonds is 5. The Balaban J connectivity index is 0.000000191. The van der Waals surface area contributed by atoms with Gasteiger partial charge in [-0.3, -0.25) is 4.79 Å². The predicted octanol–water partition coefficient (Wildman–Crippen LogP) is 2.60. The van der Waals surface area contributed by atoms with Gasteiger partial charge < -0.3 is 4.74 Å². The Morgan fingerprint density at radius 2 is 2.11 bits per heavy atom. The number of aryl methyl sites for hydroxylation is 2. The summed E-state index contributed by atoms with van der Waals surface area (Å²) in [5.74, 6) is 0. The van der Waals surface area contributed by atoms with Crippen molar-refractivity contribution < 1.29 is 14.1 Å². The van der Waals surface area contributed by atoms with E-state index in [0.717, 1.165) is 19.4 Å². The van der Waals surface area contributed by atoms with Crippen LogP contribution >= 0.6 is 0 Å². The molecule has 4 heteroatoms. The third kappa shape index (κ3) is 6.99. The smallest absolute Gasteiger partial charge is 0.293 e. The van der Waals surface area contributed by atoms with E-state index in [1.807, 2.05) is 7.05 Å². The molecule has 1 aliphatic carbocycles. The molecule has 0 atom stereocenters. The van der Waals surface area contributed by atoms with Crippen LogP contribution in [0.4, 0.5) is 0 Å². The van der Waals surface area contributed by atoms with Crippen LogP contribution in [0.5, 0.6) is 0 Å². The number of carbonyl (C=O) groups is 1. The Hall–Kier alpha value is -1.32. The molecule has 1 saturated carbocycles. The molecule has 4 nitrogen and oxygen atoms in total. The van der Waals surface area contributed by atoms with Crippen LogP contribution in [0.1, 0.15) is 51.9 Å².